The smallest absolute Gasteiger partial charge is 0.271 e. The van der Waals surface area contributed by atoms with Crippen molar-refractivity contribution >= 4 is 34.7 Å². The molecule has 0 atom stereocenters. The molecular formula is C13H9IN2O4. The maximum atomic E-state index is 11.9. The molecule has 1 aromatic heterocycles. The van der Waals surface area contributed by atoms with E-state index in [9.17, 15) is 4.79 Å². The van der Waals surface area contributed by atoms with Gasteiger partial charge in [0.05, 0.1) is 6.21 Å². The molecule has 1 amide bonds. The Kier molecular flexibility index (Phi) is 3.59. The number of ether oxygens (including phenoxy) is 2. The highest BCUT2D eigenvalue weighted by Gasteiger charge is 2.15. The normalized spacial score (nSPS) is 12.8. The van der Waals surface area contributed by atoms with Crippen molar-refractivity contribution in [2.75, 3.05) is 6.79 Å². The first kappa shape index (κ1) is 13.0. The fourth-order valence-electron chi connectivity index (χ4n) is 1.65. The molecule has 20 heavy (non-hydrogen) atoms. The number of hydrazone groups is 1. The lowest BCUT2D eigenvalue weighted by Gasteiger charge is -2.01. The van der Waals surface area contributed by atoms with Crippen LogP contribution in [0, 0.1) is 3.77 Å². The lowest BCUT2D eigenvalue weighted by atomic mass is 10.2. The molecule has 0 aliphatic carbocycles. The third kappa shape index (κ3) is 2.77. The maximum absolute atomic E-state index is 11.9. The van der Waals surface area contributed by atoms with E-state index in [2.05, 4.69) is 33.1 Å². The van der Waals surface area contributed by atoms with Crippen LogP contribution < -0.4 is 14.9 Å². The van der Waals surface area contributed by atoms with Gasteiger partial charge in [0.15, 0.2) is 15.3 Å². The van der Waals surface area contributed by atoms with E-state index in [4.69, 9.17) is 13.9 Å². The zero-order chi connectivity index (χ0) is 13.9. The molecule has 6 nitrogen and oxygen atoms in total. The summed E-state index contributed by atoms with van der Waals surface area (Å²) in [6.07, 6.45) is 1.44. The second-order valence-corrected chi connectivity index (χ2v) is 4.97. The molecule has 0 unspecified atom stereocenters. The van der Waals surface area contributed by atoms with Crippen LogP contribution in [0.15, 0.2) is 39.9 Å². The number of carbonyl (C=O) groups excluding carboxylic acids is 1. The van der Waals surface area contributed by atoms with Crippen LogP contribution in [0.3, 0.4) is 0 Å². The molecule has 1 aliphatic rings. The molecule has 0 saturated heterocycles. The number of rotatable bonds is 3. The minimum atomic E-state index is -0.333. The average molecular weight is 384 g/mol. The van der Waals surface area contributed by atoms with E-state index in [-0.39, 0.29) is 12.7 Å². The average Bonchev–Trinajstić information content (AvgIpc) is 3.06. The number of halogens is 1. The molecule has 2 heterocycles. The summed E-state index contributed by atoms with van der Waals surface area (Å²) >= 11 is 2.05. The van der Waals surface area contributed by atoms with Gasteiger partial charge in [-0.15, -0.1) is 0 Å². The lowest BCUT2D eigenvalue weighted by molar-refractivity contribution is 0.0954. The fraction of sp³-hybridized carbons (Fsp3) is 0.0769. The van der Waals surface area contributed by atoms with E-state index in [1.165, 1.54) is 6.21 Å². The van der Waals surface area contributed by atoms with Gasteiger partial charge in [-0.2, -0.15) is 5.10 Å². The van der Waals surface area contributed by atoms with Gasteiger partial charge >= 0.3 is 0 Å². The molecule has 0 fully saturated rings. The Morgan fingerprint density at radius 1 is 1.25 bits per heavy atom. The van der Waals surface area contributed by atoms with Gasteiger partial charge in [0.1, 0.15) is 5.76 Å². The quantitative estimate of drug-likeness (QED) is 0.501. The summed E-state index contributed by atoms with van der Waals surface area (Å²) in [6.45, 7) is 0.176. The SMILES string of the molecule is O=C(N/N=C\c1ccc(I)o1)c1ccc2c(c1)OCO2. The van der Waals surface area contributed by atoms with E-state index in [1.807, 2.05) is 6.07 Å². The van der Waals surface area contributed by atoms with Gasteiger partial charge in [-0.1, -0.05) is 0 Å². The number of hydrogen-bond donors (Lipinski definition) is 1. The number of nitrogens with zero attached hydrogens (tertiary/aromatic N) is 1. The summed E-state index contributed by atoms with van der Waals surface area (Å²) < 4.78 is 16.4. The van der Waals surface area contributed by atoms with Gasteiger partial charge in [-0.3, -0.25) is 4.79 Å². The zero-order valence-corrected chi connectivity index (χ0v) is 12.3. The first-order chi connectivity index (χ1) is 9.72. The van der Waals surface area contributed by atoms with E-state index in [0.29, 0.717) is 22.8 Å². The van der Waals surface area contributed by atoms with Crippen molar-refractivity contribution < 1.29 is 18.7 Å². The number of benzene rings is 1. The zero-order valence-electron chi connectivity index (χ0n) is 10.1. The summed E-state index contributed by atoms with van der Waals surface area (Å²) in [5.74, 6) is 1.43. The molecule has 0 saturated carbocycles. The number of amides is 1. The van der Waals surface area contributed by atoms with Gasteiger partial charge in [0.25, 0.3) is 5.91 Å². The topological polar surface area (TPSA) is 73.1 Å². The van der Waals surface area contributed by atoms with Gasteiger partial charge in [-0.25, -0.2) is 5.43 Å². The Bertz CT molecular complexity index is 681. The summed E-state index contributed by atoms with van der Waals surface area (Å²) in [5.41, 5.74) is 2.86. The fourth-order valence-corrected chi connectivity index (χ4v) is 2.09. The molecule has 1 aromatic carbocycles. The number of hydrogen-bond acceptors (Lipinski definition) is 5. The van der Waals surface area contributed by atoms with Gasteiger partial charge in [0, 0.05) is 5.56 Å². The minimum Gasteiger partial charge on any atom is -0.454 e. The van der Waals surface area contributed by atoms with Crippen molar-refractivity contribution in [3.8, 4) is 11.5 Å². The highest BCUT2D eigenvalue weighted by Crippen LogP contribution is 2.32. The number of nitrogens with one attached hydrogen (secondary N) is 1. The molecule has 0 spiro atoms. The summed E-state index contributed by atoms with van der Waals surface area (Å²) in [6, 6.07) is 8.52. The third-order valence-corrected chi connectivity index (χ3v) is 3.17. The van der Waals surface area contributed by atoms with Gasteiger partial charge in [0.2, 0.25) is 6.79 Å². The monoisotopic (exact) mass is 384 g/mol. The van der Waals surface area contributed by atoms with E-state index in [1.54, 1.807) is 24.3 Å². The molecule has 7 heteroatoms. The highest BCUT2D eigenvalue weighted by atomic mass is 127. The van der Waals surface area contributed by atoms with Gasteiger partial charge < -0.3 is 13.9 Å². The summed E-state index contributed by atoms with van der Waals surface area (Å²) in [5, 5.41) is 3.83. The minimum absolute atomic E-state index is 0.176. The van der Waals surface area contributed by atoms with Crippen LogP contribution in [0.1, 0.15) is 16.1 Å². The Balaban J connectivity index is 1.66. The largest absolute Gasteiger partial charge is 0.454 e. The molecule has 3 rings (SSSR count). The Labute approximate surface area is 127 Å². The predicted molar refractivity (Wildman–Crippen MR) is 79.1 cm³/mol. The second kappa shape index (κ2) is 5.53. The molecule has 0 radical (unpaired) electrons. The van der Waals surface area contributed by atoms with Crippen molar-refractivity contribution in [1.29, 1.82) is 0 Å². The van der Waals surface area contributed by atoms with Crippen molar-refractivity contribution in [2.24, 2.45) is 5.10 Å². The first-order valence-electron chi connectivity index (χ1n) is 5.71. The molecule has 0 bridgehead atoms. The van der Waals surface area contributed by atoms with Crippen LogP contribution in [0.5, 0.6) is 11.5 Å². The predicted octanol–water partition coefficient (Wildman–Crippen LogP) is 2.38. The Morgan fingerprint density at radius 3 is 2.90 bits per heavy atom. The van der Waals surface area contributed by atoms with Crippen LogP contribution >= 0.6 is 22.6 Å². The Hall–Kier alpha value is -2.03. The molecule has 102 valence electrons. The Morgan fingerprint density at radius 2 is 2.10 bits per heavy atom. The van der Waals surface area contributed by atoms with E-state index >= 15 is 0 Å². The standard InChI is InChI=1S/C13H9IN2O4/c14-12-4-2-9(20-12)6-15-16-13(17)8-1-3-10-11(5-8)19-7-18-10/h1-6H,7H2,(H,16,17)/b15-6-. The number of carbonyl (C=O) groups is 1. The van der Waals surface area contributed by atoms with E-state index in [0.717, 1.165) is 3.77 Å². The van der Waals surface area contributed by atoms with Crippen molar-refractivity contribution in [2.45, 2.75) is 0 Å². The second-order valence-electron chi connectivity index (χ2n) is 3.91. The molecular weight excluding hydrogens is 375 g/mol. The lowest BCUT2D eigenvalue weighted by Crippen LogP contribution is -2.17. The molecule has 2 aromatic rings. The highest BCUT2D eigenvalue weighted by molar-refractivity contribution is 14.1. The molecule has 1 aliphatic heterocycles. The van der Waals surface area contributed by atoms with Crippen LogP contribution in [0.25, 0.3) is 0 Å². The van der Waals surface area contributed by atoms with Crippen molar-refractivity contribution in [3.63, 3.8) is 0 Å². The third-order valence-electron chi connectivity index (χ3n) is 2.59. The molecule has 1 N–H and O–H groups in total. The number of furan rings is 1. The van der Waals surface area contributed by atoms with Crippen LogP contribution in [-0.2, 0) is 0 Å². The van der Waals surface area contributed by atoms with Crippen LogP contribution in [-0.4, -0.2) is 18.9 Å². The van der Waals surface area contributed by atoms with Crippen molar-refractivity contribution in [1.82, 2.24) is 5.43 Å². The van der Waals surface area contributed by atoms with E-state index < -0.39 is 0 Å². The first-order valence-corrected chi connectivity index (χ1v) is 6.78. The summed E-state index contributed by atoms with van der Waals surface area (Å²) in [7, 11) is 0. The van der Waals surface area contributed by atoms with Gasteiger partial charge in [-0.05, 0) is 52.9 Å². The van der Waals surface area contributed by atoms with Crippen LogP contribution in [0.4, 0.5) is 0 Å². The van der Waals surface area contributed by atoms with Crippen LogP contribution in [0.2, 0.25) is 0 Å². The summed E-state index contributed by atoms with van der Waals surface area (Å²) in [4.78, 5) is 11.9. The number of fused-ring (bicyclic) bond motifs is 1. The maximum Gasteiger partial charge on any atom is 0.271 e. The van der Waals surface area contributed by atoms with Crippen molar-refractivity contribution in [3.05, 3.63) is 45.4 Å².